The molecule has 5 heteroatoms. The summed E-state index contributed by atoms with van der Waals surface area (Å²) in [4.78, 5) is 11.5. The Kier molecular flexibility index (Phi) is 5.46. The van der Waals surface area contributed by atoms with E-state index in [9.17, 15) is 10.1 Å². The summed E-state index contributed by atoms with van der Waals surface area (Å²) in [5.74, 6) is 2.61. The van der Waals surface area contributed by atoms with Crippen molar-refractivity contribution >= 4 is 14.3 Å². The summed E-state index contributed by atoms with van der Waals surface area (Å²) >= 11 is 0. The summed E-state index contributed by atoms with van der Waals surface area (Å²) in [5, 5.41) is 10.3. The molecule has 0 heterocycles. The number of esters is 1. The maximum Gasteiger partial charge on any atom is 0.302 e. The van der Waals surface area contributed by atoms with Gasteiger partial charge in [-0.05, 0) is 107 Å². The van der Waals surface area contributed by atoms with Crippen molar-refractivity contribution in [2.45, 2.75) is 110 Å². The van der Waals surface area contributed by atoms with E-state index in [1.54, 1.807) is 0 Å². The standard InChI is InChI=1S/C25H41NO3Si/c1-17(27)28-19-9-12-23(2)18(15-19)7-8-20-21(23)10-13-24(3)22(20)11-14-25(24,16-26)29-30(4,5)6/h18-22H,7-15H2,1-6H3/t18-,19-,20+,21-,22-,23-,24-,25-/m0/s1. The van der Waals surface area contributed by atoms with Gasteiger partial charge in [-0.1, -0.05) is 13.8 Å². The molecule has 168 valence electrons. The highest BCUT2D eigenvalue weighted by atomic mass is 28.4. The molecule has 0 radical (unpaired) electrons. The van der Waals surface area contributed by atoms with E-state index < -0.39 is 13.9 Å². The summed E-state index contributed by atoms with van der Waals surface area (Å²) in [5.41, 5.74) is -0.238. The van der Waals surface area contributed by atoms with Gasteiger partial charge in [-0.3, -0.25) is 4.79 Å². The smallest absolute Gasteiger partial charge is 0.302 e. The molecule has 4 fully saturated rings. The van der Waals surface area contributed by atoms with Gasteiger partial charge in [-0.2, -0.15) is 5.26 Å². The minimum absolute atomic E-state index is 0.0126. The summed E-state index contributed by atoms with van der Waals surface area (Å²) in [6, 6.07) is 2.72. The molecule has 0 N–H and O–H groups in total. The lowest BCUT2D eigenvalue weighted by Gasteiger charge is -2.61. The minimum Gasteiger partial charge on any atom is -0.463 e. The zero-order valence-corrected chi connectivity index (χ0v) is 20.9. The Morgan fingerprint density at radius 2 is 1.70 bits per heavy atom. The molecule has 4 aliphatic carbocycles. The van der Waals surface area contributed by atoms with Crippen LogP contribution >= 0.6 is 0 Å². The molecule has 8 atom stereocenters. The van der Waals surface area contributed by atoms with Gasteiger partial charge < -0.3 is 9.16 Å². The fourth-order valence-electron chi connectivity index (χ4n) is 8.46. The van der Waals surface area contributed by atoms with Crippen molar-refractivity contribution < 1.29 is 14.0 Å². The van der Waals surface area contributed by atoms with E-state index >= 15 is 0 Å². The molecule has 0 aromatic rings. The van der Waals surface area contributed by atoms with E-state index in [0.717, 1.165) is 43.9 Å². The number of nitriles is 1. The molecular formula is C25H41NO3Si. The third-order valence-corrected chi connectivity index (χ3v) is 10.7. The monoisotopic (exact) mass is 431 g/mol. The Hall–Kier alpha value is -0.863. The van der Waals surface area contributed by atoms with E-state index in [-0.39, 0.29) is 17.5 Å². The normalized spacial score (nSPS) is 48.1. The van der Waals surface area contributed by atoms with Crippen LogP contribution in [0.15, 0.2) is 0 Å². The largest absolute Gasteiger partial charge is 0.463 e. The second-order valence-electron chi connectivity index (χ2n) is 12.3. The van der Waals surface area contributed by atoms with Crippen molar-refractivity contribution in [3.8, 4) is 6.07 Å². The molecule has 0 spiro atoms. The first-order valence-electron chi connectivity index (χ1n) is 12.2. The fourth-order valence-corrected chi connectivity index (χ4v) is 9.88. The van der Waals surface area contributed by atoms with Crippen molar-refractivity contribution in [1.29, 1.82) is 5.26 Å². The molecule has 0 aliphatic heterocycles. The van der Waals surface area contributed by atoms with Gasteiger partial charge in [0.1, 0.15) is 11.7 Å². The third-order valence-electron chi connectivity index (χ3n) is 9.73. The topological polar surface area (TPSA) is 59.3 Å². The van der Waals surface area contributed by atoms with Crippen LogP contribution in [0.2, 0.25) is 19.6 Å². The second kappa shape index (κ2) is 7.34. The SMILES string of the molecule is CC(=O)O[C@H]1CC[C@@]2(C)[C@@H](CC[C@@H]3[C@@H]2CC[C@@]2(C)[C@H]3CC[C@@]2(C#N)O[Si](C)(C)C)C1. The van der Waals surface area contributed by atoms with Crippen LogP contribution < -0.4 is 0 Å². The first kappa shape index (κ1) is 22.3. The Bertz CT molecular complexity index is 742. The Morgan fingerprint density at radius 1 is 1.00 bits per heavy atom. The van der Waals surface area contributed by atoms with E-state index in [1.165, 1.54) is 32.6 Å². The van der Waals surface area contributed by atoms with Gasteiger partial charge in [0.05, 0.1) is 6.07 Å². The number of carbonyl (C=O) groups excluding carboxylic acids is 1. The van der Waals surface area contributed by atoms with Crippen LogP contribution in [0, 0.1) is 45.8 Å². The molecule has 4 rings (SSSR count). The molecule has 0 bridgehead atoms. The molecule has 0 saturated heterocycles. The third kappa shape index (κ3) is 3.37. The highest BCUT2D eigenvalue weighted by molar-refractivity contribution is 6.69. The number of hydrogen-bond acceptors (Lipinski definition) is 4. The van der Waals surface area contributed by atoms with E-state index in [4.69, 9.17) is 9.16 Å². The Labute approximate surface area is 184 Å². The molecule has 0 amide bonds. The van der Waals surface area contributed by atoms with Crippen LogP contribution in [0.5, 0.6) is 0 Å². The number of rotatable bonds is 3. The van der Waals surface area contributed by atoms with Gasteiger partial charge in [0.25, 0.3) is 0 Å². The van der Waals surface area contributed by atoms with E-state index in [2.05, 4.69) is 39.6 Å². The molecule has 4 nitrogen and oxygen atoms in total. The van der Waals surface area contributed by atoms with Crippen LogP contribution in [0.4, 0.5) is 0 Å². The summed E-state index contributed by atoms with van der Waals surface area (Å²) in [6.45, 7) is 13.1. The van der Waals surface area contributed by atoms with Crippen LogP contribution in [-0.4, -0.2) is 26.0 Å². The van der Waals surface area contributed by atoms with Crippen LogP contribution in [0.25, 0.3) is 0 Å². The van der Waals surface area contributed by atoms with Crippen molar-refractivity contribution in [3.63, 3.8) is 0 Å². The molecule has 4 saturated carbocycles. The maximum atomic E-state index is 11.5. The lowest BCUT2D eigenvalue weighted by molar-refractivity contribution is -0.163. The Morgan fingerprint density at radius 3 is 2.33 bits per heavy atom. The molecule has 4 aliphatic rings. The molecule has 0 unspecified atom stereocenters. The minimum atomic E-state index is -1.81. The predicted molar refractivity (Wildman–Crippen MR) is 120 cm³/mol. The van der Waals surface area contributed by atoms with E-state index in [1.807, 2.05) is 0 Å². The number of nitrogens with zero attached hydrogens (tertiary/aromatic N) is 1. The summed E-state index contributed by atoms with van der Waals surface area (Å²) in [6.07, 6.45) is 10.3. The predicted octanol–water partition coefficient (Wildman–Crippen LogP) is 6.07. The summed E-state index contributed by atoms with van der Waals surface area (Å²) in [7, 11) is -1.81. The molecule has 30 heavy (non-hydrogen) atoms. The van der Waals surface area contributed by atoms with Gasteiger partial charge in [-0.25, -0.2) is 0 Å². The van der Waals surface area contributed by atoms with Crippen LogP contribution in [0.1, 0.15) is 78.6 Å². The number of carbonyl (C=O) groups is 1. The van der Waals surface area contributed by atoms with Crippen molar-refractivity contribution in [1.82, 2.24) is 0 Å². The van der Waals surface area contributed by atoms with Crippen molar-refractivity contribution in [2.75, 3.05) is 0 Å². The van der Waals surface area contributed by atoms with Crippen LogP contribution in [0.3, 0.4) is 0 Å². The quantitative estimate of drug-likeness (QED) is 0.402. The lowest BCUT2D eigenvalue weighted by atomic mass is 9.44. The number of hydrogen-bond donors (Lipinski definition) is 0. The molecule has 0 aromatic heterocycles. The van der Waals surface area contributed by atoms with Gasteiger partial charge >= 0.3 is 5.97 Å². The first-order chi connectivity index (χ1) is 13.9. The van der Waals surface area contributed by atoms with Crippen LogP contribution in [-0.2, 0) is 14.0 Å². The zero-order valence-electron chi connectivity index (χ0n) is 19.9. The fraction of sp³-hybridized carbons (Fsp3) is 0.920. The average Bonchev–Trinajstić information content (AvgIpc) is 2.93. The van der Waals surface area contributed by atoms with Crippen molar-refractivity contribution in [3.05, 3.63) is 0 Å². The van der Waals surface area contributed by atoms with Gasteiger partial charge in [0, 0.05) is 12.3 Å². The lowest BCUT2D eigenvalue weighted by Crippen LogP contribution is -2.58. The maximum absolute atomic E-state index is 11.5. The number of ether oxygens (including phenoxy) is 1. The molecular weight excluding hydrogens is 390 g/mol. The number of fused-ring (bicyclic) bond motifs is 5. The first-order valence-corrected chi connectivity index (χ1v) is 15.6. The van der Waals surface area contributed by atoms with Gasteiger partial charge in [0.15, 0.2) is 8.32 Å². The highest BCUT2D eigenvalue weighted by Crippen LogP contribution is 2.69. The highest BCUT2D eigenvalue weighted by Gasteiger charge is 2.66. The van der Waals surface area contributed by atoms with Crippen molar-refractivity contribution in [2.24, 2.45) is 34.5 Å². The van der Waals surface area contributed by atoms with Gasteiger partial charge in [-0.15, -0.1) is 0 Å². The molecule has 0 aromatic carbocycles. The zero-order chi connectivity index (χ0) is 21.9. The second-order valence-corrected chi connectivity index (χ2v) is 16.7. The van der Waals surface area contributed by atoms with Gasteiger partial charge in [0.2, 0.25) is 0 Å². The van der Waals surface area contributed by atoms with E-state index in [0.29, 0.717) is 17.3 Å². The Balaban J connectivity index is 1.57. The summed E-state index contributed by atoms with van der Waals surface area (Å²) < 4.78 is 12.3. The average molecular weight is 432 g/mol.